The predicted octanol–water partition coefficient (Wildman–Crippen LogP) is 3.30. The molecule has 1 N–H and O–H groups in total. The fraction of sp³-hybridized carbons (Fsp3) is 0.647. The molecule has 1 saturated heterocycles. The second-order valence-electron chi connectivity index (χ2n) is 6.24. The largest absolute Gasteiger partial charge is 0.314 e. The molecule has 0 aromatic heterocycles. The summed E-state index contributed by atoms with van der Waals surface area (Å²) in [5.41, 5.74) is 4.46. The van der Waals surface area contributed by atoms with Crippen LogP contribution in [0.4, 0.5) is 0 Å². The van der Waals surface area contributed by atoms with Gasteiger partial charge in [0.2, 0.25) is 0 Å². The van der Waals surface area contributed by atoms with Gasteiger partial charge in [-0.2, -0.15) is 0 Å². The van der Waals surface area contributed by atoms with E-state index in [1.807, 2.05) is 0 Å². The number of aryl methyl sites for hydroxylation is 2. The highest BCUT2D eigenvalue weighted by Crippen LogP contribution is 2.32. The smallest absolute Gasteiger partial charge is 0.0356 e. The van der Waals surface area contributed by atoms with Crippen molar-refractivity contribution >= 4 is 0 Å². The van der Waals surface area contributed by atoms with Crippen LogP contribution >= 0.6 is 0 Å². The fourth-order valence-electron chi connectivity index (χ4n) is 3.24. The van der Waals surface area contributed by atoms with Crippen molar-refractivity contribution in [3.8, 4) is 0 Å². The minimum Gasteiger partial charge on any atom is -0.314 e. The van der Waals surface area contributed by atoms with Crippen molar-refractivity contribution in [2.45, 2.75) is 40.2 Å². The monoisotopic (exact) mass is 260 g/mol. The van der Waals surface area contributed by atoms with Crippen molar-refractivity contribution in [1.29, 1.82) is 0 Å². The average Bonchev–Trinajstić information content (AvgIpc) is 2.38. The Morgan fingerprint density at radius 1 is 1.11 bits per heavy atom. The summed E-state index contributed by atoms with van der Waals surface area (Å²) in [7, 11) is 0. The standard InChI is InChI=1S/C17H28N2/c1-13(2)12-16(19-10-8-18-9-11-19)17-14(3)6-5-7-15(17)4/h5-7,13,16,18H,8-12H2,1-4H3/t16-/m0/s1. The molecule has 2 nitrogen and oxygen atoms in total. The Morgan fingerprint density at radius 2 is 1.68 bits per heavy atom. The number of hydrogen-bond acceptors (Lipinski definition) is 2. The average molecular weight is 260 g/mol. The molecule has 1 aliphatic heterocycles. The van der Waals surface area contributed by atoms with Crippen molar-refractivity contribution in [2.75, 3.05) is 26.2 Å². The van der Waals surface area contributed by atoms with Crippen LogP contribution in [0.3, 0.4) is 0 Å². The first kappa shape index (κ1) is 14.5. The molecule has 106 valence electrons. The first-order valence-electron chi connectivity index (χ1n) is 7.60. The third-order valence-corrected chi connectivity index (χ3v) is 4.16. The van der Waals surface area contributed by atoms with E-state index in [0.717, 1.165) is 19.0 Å². The minimum absolute atomic E-state index is 0.586. The summed E-state index contributed by atoms with van der Waals surface area (Å²) in [6, 6.07) is 7.29. The molecular formula is C17H28N2. The number of nitrogens with one attached hydrogen (secondary N) is 1. The quantitative estimate of drug-likeness (QED) is 0.893. The molecule has 0 spiro atoms. The van der Waals surface area contributed by atoms with E-state index in [-0.39, 0.29) is 0 Å². The van der Waals surface area contributed by atoms with Gasteiger partial charge in [0, 0.05) is 32.2 Å². The molecule has 0 radical (unpaired) electrons. The van der Waals surface area contributed by atoms with Gasteiger partial charge in [-0.1, -0.05) is 32.0 Å². The zero-order valence-corrected chi connectivity index (χ0v) is 12.9. The van der Waals surface area contributed by atoms with Gasteiger partial charge in [0.25, 0.3) is 0 Å². The zero-order chi connectivity index (χ0) is 13.8. The van der Waals surface area contributed by atoms with E-state index >= 15 is 0 Å². The number of benzene rings is 1. The maximum atomic E-state index is 3.46. The third kappa shape index (κ3) is 3.58. The topological polar surface area (TPSA) is 15.3 Å². The van der Waals surface area contributed by atoms with Crippen LogP contribution in [-0.2, 0) is 0 Å². The third-order valence-electron chi connectivity index (χ3n) is 4.16. The van der Waals surface area contributed by atoms with Gasteiger partial charge < -0.3 is 5.32 Å². The summed E-state index contributed by atoms with van der Waals surface area (Å²) < 4.78 is 0. The summed E-state index contributed by atoms with van der Waals surface area (Å²) in [6.07, 6.45) is 1.26. The first-order valence-corrected chi connectivity index (χ1v) is 7.60. The number of rotatable bonds is 4. The fourth-order valence-corrected chi connectivity index (χ4v) is 3.24. The van der Waals surface area contributed by atoms with Crippen molar-refractivity contribution in [1.82, 2.24) is 10.2 Å². The Morgan fingerprint density at radius 3 is 2.21 bits per heavy atom. The lowest BCUT2D eigenvalue weighted by Crippen LogP contribution is -2.45. The van der Waals surface area contributed by atoms with Gasteiger partial charge in [-0.15, -0.1) is 0 Å². The normalized spacial score (nSPS) is 18.8. The summed E-state index contributed by atoms with van der Waals surface area (Å²) in [4.78, 5) is 2.67. The second kappa shape index (κ2) is 6.53. The van der Waals surface area contributed by atoms with Gasteiger partial charge in [0.15, 0.2) is 0 Å². The highest BCUT2D eigenvalue weighted by Gasteiger charge is 2.25. The Labute approximate surface area is 118 Å². The van der Waals surface area contributed by atoms with Crippen LogP contribution in [0.2, 0.25) is 0 Å². The summed E-state index contributed by atoms with van der Waals surface area (Å²) >= 11 is 0. The van der Waals surface area contributed by atoms with E-state index in [9.17, 15) is 0 Å². The zero-order valence-electron chi connectivity index (χ0n) is 12.9. The van der Waals surface area contributed by atoms with E-state index in [2.05, 4.69) is 56.1 Å². The van der Waals surface area contributed by atoms with Crippen LogP contribution in [0.25, 0.3) is 0 Å². The maximum Gasteiger partial charge on any atom is 0.0356 e. The molecule has 0 amide bonds. The molecule has 1 aromatic rings. The molecule has 2 heteroatoms. The molecule has 1 aromatic carbocycles. The lowest BCUT2D eigenvalue weighted by Gasteiger charge is -2.37. The molecule has 0 saturated carbocycles. The summed E-state index contributed by atoms with van der Waals surface area (Å²) in [6.45, 7) is 13.8. The van der Waals surface area contributed by atoms with Gasteiger partial charge in [0.1, 0.15) is 0 Å². The number of hydrogen-bond donors (Lipinski definition) is 1. The molecular weight excluding hydrogens is 232 g/mol. The van der Waals surface area contributed by atoms with E-state index in [1.165, 1.54) is 30.6 Å². The highest BCUT2D eigenvalue weighted by molar-refractivity contribution is 5.36. The van der Waals surface area contributed by atoms with E-state index in [4.69, 9.17) is 0 Å². The van der Waals surface area contributed by atoms with Crippen LogP contribution < -0.4 is 5.32 Å². The van der Waals surface area contributed by atoms with Gasteiger partial charge >= 0.3 is 0 Å². The SMILES string of the molecule is Cc1cccc(C)c1[C@H](CC(C)C)N1CCNCC1. The Bertz CT molecular complexity index is 385. The molecule has 1 heterocycles. The lowest BCUT2D eigenvalue weighted by molar-refractivity contribution is 0.153. The van der Waals surface area contributed by atoms with Gasteiger partial charge in [-0.3, -0.25) is 4.90 Å². The second-order valence-corrected chi connectivity index (χ2v) is 6.24. The minimum atomic E-state index is 0.586. The van der Waals surface area contributed by atoms with Crippen LogP contribution in [0.5, 0.6) is 0 Å². The molecule has 1 aliphatic rings. The number of piperazine rings is 1. The van der Waals surface area contributed by atoms with E-state index < -0.39 is 0 Å². The Hall–Kier alpha value is -0.860. The molecule has 0 bridgehead atoms. The molecule has 19 heavy (non-hydrogen) atoms. The molecule has 1 fully saturated rings. The predicted molar refractivity (Wildman–Crippen MR) is 82.6 cm³/mol. The van der Waals surface area contributed by atoms with Gasteiger partial charge in [-0.25, -0.2) is 0 Å². The number of nitrogens with zero attached hydrogens (tertiary/aromatic N) is 1. The van der Waals surface area contributed by atoms with E-state index in [1.54, 1.807) is 5.56 Å². The van der Waals surface area contributed by atoms with Crippen molar-refractivity contribution < 1.29 is 0 Å². The lowest BCUT2D eigenvalue weighted by atomic mass is 9.89. The van der Waals surface area contributed by atoms with Gasteiger partial charge in [-0.05, 0) is 42.9 Å². The molecule has 0 aliphatic carbocycles. The Kier molecular flexibility index (Phi) is 5.00. The highest BCUT2D eigenvalue weighted by atomic mass is 15.2. The van der Waals surface area contributed by atoms with E-state index in [0.29, 0.717) is 6.04 Å². The Balaban J connectivity index is 2.30. The molecule has 1 atom stereocenters. The molecule has 2 rings (SSSR count). The van der Waals surface area contributed by atoms with Crippen molar-refractivity contribution in [3.05, 3.63) is 34.9 Å². The van der Waals surface area contributed by atoms with Crippen molar-refractivity contribution in [2.24, 2.45) is 5.92 Å². The van der Waals surface area contributed by atoms with Gasteiger partial charge in [0.05, 0.1) is 0 Å². The summed E-state index contributed by atoms with van der Waals surface area (Å²) in [5.74, 6) is 0.735. The van der Waals surface area contributed by atoms with Crippen molar-refractivity contribution in [3.63, 3.8) is 0 Å². The van der Waals surface area contributed by atoms with Crippen LogP contribution in [0.15, 0.2) is 18.2 Å². The summed E-state index contributed by atoms with van der Waals surface area (Å²) in [5, 5.41) is 3.46. The van der Waals surface area contributed by atoms with Crippen LogP contribution in [0, 0.1) is 19.8 Å². The maximum absolute atomic E-state index is 3.46. The van der Waals surface area contributed by atoms with Crippen LogP contribution in [0.1, 0.15) is 43.0 Å². The van der Waals surface area contributed by atoms with Crippen LogP contribution in [-0.4, -0.2) is 31.1 Å². The molecule has 0 unspecified atom stereocenters. The first-order chi connectivity index (χ1) is 9.09.